The lowest BCUT2D eigenvalue weighted by Crippen LogP contribution is -2.19. The molecule has 7 nitrogen and oxygen atoms in total. The zero-order chi connectivity index (χ0) is 15.5. The van der Waals surface area contributed by atoms with E-state index in [0.717, 1.165) is 11.4 Å². The first kappa shape index (κ1) is 14.5. The summed E-state index contributed by atoms with van der Waals surface area (Å²) in [5.41, 5.74) is 1.76. The Balaban J connectivity index is 1.61. The third kappa shape index (κ3) is 3.25. The number of rotatable bonds is 4. The summed E-state index contributed by atoms with van der Waals surface area (Å²) in [4.78, 5) is 17.0. The van der Waals surface area contributed by atoms with Crippen molar-refractivity contribution >= 4 is 23.3 Å². The van der Waals surface area contributed by atoms with Gasteiger partial charge in [0.2, 0.25) is 0 Å². The van der Waals surface area contributed by atoms with Crippen LogP contribution in [0.3, 0.4) is 0 Å². The van der Waals surface area contributed by atoms with Gasteiger partial charge in [-0.15, -0.1) is 5.10 Å². The fraction of sp³-hybridized carbons (Fsp3) is 0.286. The van der Waals surface area contributed by atoms with Gasteiger partial charge in [-0.2, -0.15) is 0 Å². The van der Waals surface area contributed by atoms with Crippen molar-refractivity contribution in [2.24, 2.45) is 5.16 Å². The molecule has 0 bridgehead atoms. The summed E-state index contributed by atoms with van der Waals surface area (Å²) in [6.45, 7) is 1.99. The fourth-order valence-corrected chi connectivity index (χ4v) is 2.10. The number of halogens is 1. The Morgan fingerprint density at radius 3 is 2.91 bits per heavy atom. The molecule has 1 atom stereocenters. The van der Waals surface area contributed by atoms with Crippen LogP contribution in [0, 0.1) is 0 Å². The van der Waals surface area contributed by atoms with Crippen molar-refractivity contribution in [3.8, 4) is 5.69 Å². The number of oxime groups is 1. The van der Waals surface area contributed by atoms with Crippen LogP contribution in [-0.4, -0.2) is 39.4 Å². The summed E-state index contributed by atoms with van der Waals surface area (Å²) >= 11 is 5.83. The van der Waals surface area contributed by atoms with E-state index in [1.54, 1.807) is 24.3 Å². The van der Waals surface area contributed by atoms with Gasteiger partial charge in [-0.3, -0.25) is 0 Å². The van der Waals surface area contributed by atoms with Gasteiger partial charge >= 0.3 is 5.97 Å². The third-order valence-electron chi connectivity index (χ3n) is 3.07. The van der Waals surface area contributed by atoms with Gasteiger partial charge in [0.15, 0.2) is 11.8 Å². The second kappa shape index (κ2) is 6.15. The van der Waals surface area contributed by atoms with E-state index in [9.17, 15) is 4.79 Å². The molecule has 0 amide bonds. The molecular formula is C14H13ClN4O3. The van der Waals surface area contributed by atoms with Crippen molar-refractivity contribution in [2.45, 2.75) is 19.4 Å². The number of hydrogen-bond donors (Lipinski definition) is 0. The van der Waals surface area contributed by atoms with E-state index in [0.29, 0.717) is 11.4 Å². The normalized spacial score (nSPS) is 17.0. The zero-order valence-corrected chi connectivity index (χ0v) is 12.5. The highest BCUT2D eigenvalue weighted by Gasteiger charge is 2.21. The van der Waals surface area contributed by atoms with Crippen LogP contribution in [0.2, 0.25) is 5.02 Å². The molecule has 0 saturated heterocycles. The number of hydrogen-bond acceptors (Lipinski definition) is 6. The number of aromatic nitrogens is 3. The maximum atomic E-state index is 11.9. The van der Waals surface area contributed by atoms with Crippen LogP contribution >= 0.6 is 11.6 Å². The van der Waals surface area contributed by atoms with E-state index in [1.807, 2.05) is 6.92 Å². The largest absolute Gasteiger partial charge is 0.457 e. The fourth-order valence-electron chi connectivity index (χ4n) is 1.98. The predicted molar refractivity (Wildman–Crippen MR) is 79.3 cm³/mol. The summed E-state index contributed by atoms with van der Waals surface area (Å²) in [7, 11) is 0. The lowest BCUT2D eigenvalue weighted by atomic mass is 10.2. The number of esters is 1. The van der Waals surface area contributed by atoms with E-state index in [-0.39, 0.29) is 18.4 Å². The minimum Gasteiger partial charge on any atom is -0.457 e. The number of ether oxygens (including phenoxy) is 1. The monoisotopic (exact) mass is 320 g/mol. The molecule has 1 aliphatic rings. The van der Waals surface area contributed by atoms with Crippen LogP contribution in [0.5, 0.6) is 0 Å². The molecule has 0 aliphatic carbocycles. The second-order valence-corrected chi connectivity index (χ2v) is 5.32. The lowest BCUT2D eigenvalue weighted by molar-refractivity contribution is 0.00643. The second-order valence-electron chi connectivity index (χ2n) is 4.88. The first-order valence-electron chi connectivity index (χ1n) is 6.66. The SMILES string of the molecule is CC1=NOC(COC(=O)c2cn(-c3ccc(Cl)cc3)nn2)C1. The van der Waals surface area contributed by atoms with Crippen molar-refractivity contribution < 1.29 is 14.4 Å². The summed E-state index contributed by atoms with van der Waals surface area (Å²) in [6, 6.07) is 7.02. The Hall–Kier alpha value is -2.41. The Kier molecular flexibility index (Phi) is 4.06. The summed E-state index contributed by atoms with van der Waals surface area (Å²) in [6.07, 6.45) is 1.93. The van der Waals surface area contributed by atoms with Crippen molar-refractivity contribution in [3.05, 3.63) is 41.2 Å². The average Bonchev–Trinajstić information content (AvgIpc) is 3.15. The molecule has 0 saturated carbocycles. The third-order valence-corrected chi connectivity index (χ3v) is 3.33. The Morgan fingerprint density at radius 1 is 1.45 bits per heavy atom. The molecule has 3 rings (SSSR count). The molecule has 8 heteroatoms. The van der Waals surface area contributed by atoms with Crippen LogP contribution in [0.4, 0.5) is 0 Å². The maximum Gasteiger partial charge on any atom is 0.360 e. The Morgan fingerprint density at radius 2 is 2.23 bits per heavy atom. The number of carbonyl (C=O) groups excluding carboxylic acids is 1. The van der Waals surface area contributed by atoms with Gasteiger partial charge in [-0.25, -0.2) is 9.48 Å². The molecule has 1 aliphatic heterocycles. The highest BCUT2D eigenvalue weighted by molar-refractivity contribution is 6.30. The molecular weight excluding hydrogens is 308 g/mol. The van der Waals surface area contributed by atoms with Crippen molar-refractivity contribution in [2.75, 3.05) is 6.61 Å². The van der Waals surface area contributed by atoms with Gasteiger partial charge in [0.05, 0.1) is 17.6 Å². The van der Waals surface area contributed by atoms with Gasteiger partial charge in [-0.1, -0.05) is 22.0 Å². The molecule has 0 spiro atoms. The topological polar surface area (TPSA) is 78.6 Å². The van der Waals surface area contributed by atoms with Gasteiger partial charge in [0, 0.05) is 11.4 Å². The number of benzene rings is 1. The van der Waals surface area contributed by atoms with Crippen LogP contribution in [0.15, 0.2) is 35.6 Å². The summed E-state index contributed by atoms with van der Waals surface area (Å²) < 4.78 is 6.63. The molecule has 2 heterocycles. The molecule has 1 unspecified atom stereocenters. The first-order valence-corrected chi connectivity index (χ1v) is 7.04. The van der Waals surface area contributed by atoms with Crippen LogP contribution < -0.4 is 0 Å². The van der Waals surface area contributed by atoms with Crippen molar-refractivity contribution in [1.82, 2.24) is 15.0 Å². The van der Waals surface area contributed by atoms with Gasteiger partial charge < -0.3 is 9.57 Å². The van der Waals surface area contributed by atoms with E-state index in [2.05, 4.69) is 15.5 Å². The highest BCUT2D eigenvalue weighted by Crippen LogP contribution is 2.14. The first-order chi connectivity index (χ1) is 10.6. The zero-order valence-electron chi connectivity index (χ0n) is 11.8. The number of carbonyl (C=O) groups is 1. The van der Waals surface area contributed by atoms with E-state index in [1.165, 1.54) is 10.9 Å². The average molecular weight is 321 g/mol. The van der Waals surface area contributed by atoms with Crippen molar-refractivity contribution in [1.29, 1.82) is 0 Å². The molecule has 22 heavy (non-hydrogen) atoms. The smallest absolute Gasteiger partial charge is 0.360 e. The van der Waals surface area contributed by atoms with Crippen molar-refractivity contribution in [3.63, 3.8) is 0 Å². The van der Waals surface area contributed by atoms with Gasteiger partial charge in [0.1, 0.15) is 6.61 Å². The van der Waals surface area contributed by atoms with E-state index >= 15 is 0 Å². The molecule has 0 N–H and O–H groups in total. The maximum absolute atomic E-state index is 11.9. The Bertz CT molecular complexity index is 711. The predicted octanol–water partition coefficient (Wildman–Crippen LogP) is 2.24. The van der Waals surface area contributed by atoms with Gasteiger partial charge in [0.25, 0.3) is 0 Å². The summed E-state index contributed by atoms with van der Waals surface area (Å²) in [5.74, 6) is -0.548. The molecule has 0 radical (unpaired) electrons. The quantitative estimate of drug-likeness (QED) is 0.807. The molecule has 0 fully saturated rings. The van der Waals surface area contributed by atoms with Gasteiger partial charge in [-0.05, 0) is 31.2 Å². The molecule has 1 aromatic carbocycles. The van der Waals surface area contributed by atoms with Crippen LogP contribution in [0.1, 0.15) is 23.8 Å². The highest BCUT2D eigenvalue weighted by atomic mass is 35.5. The van der Waals surface area contributed by atoms with E-state index in [4.69, 9.17) is 21.2 Å². The molecule has 1 aromatic heterocycles. The van der Waals surface area contributed by atoms with Crippen LogP contribution in [0.25, 0.3) is 5.69 Å². The molecule has 2 aromatic rings. The Labute approximate surface area is 131 Å². The lowest BCUT2D eigenvalue weighted by Gasteiger charge is -2.07. The minimum atomic E-state index is -0.548. The molecule has 114 valence electrons. The van der Waals surface area contributed by atoms with Crippen LogP contribution in [-0.2, 0) is 9.57 Å². The summed E-state index contributed by atoms with van der Waals surface area (Å²) in [5, 5.41) is 12.1. The standard InChI is InChI=1S/C14H13ClN4O3/c1-9-6-12(22-17-9)8-21-14(20)13-7-19(18-16-13)11-4-2-10(15)3-5-11/h2-5,7,12H,6,8H2,1H3. The number of nitrogens with zero attached hydrogens (tertiary/aromatic N) is 4. The van der Waals surface area contributed by atoms with E-state index < -0.39 is 5.97 Å². The minimum absolute atomic E-state index is 0.130.